The van der Waals surface area contributed by atoms with Crippen LogP contribution < -0.4 is 4.90 Å². The predicted octanol–water partition coefficient (Wildman–Crippen LogP) is 6.00. The first-order valence-electron chi connectivity index (χ1n) is 9.70. The van der Waals surface area contributed by atoms with Crippen molar-refractivity contribution in [2.75, 3.05) is 4.90 Å². The van der Waals surface area contributed by atoms with Crippen molar-refractivity contribution < 1.29 is 21.1 Å². The normalized spacial score (nSPS) is 10.3. The number of nitrogens with zero attached hydrogens (tertiary/aromatic N) is 4. The molecule has 0 N–H and O–H groups in total. The molecule has 4 nitrogen and oxygen atoms in total. The van der Waals surface area contributed by atoms with Gasteiger partial charge in [0.15, 0.2) is 0 Å². The summed E-state index contributed by atoms with van der Waals surface area (Å²) in [6, 6.07) is 38.8. The molecule has 0 amide bonds. The summed E-state index contributed by atoms with van der Waals surface area (Å²) in [5, 5.41) is 4.33. The van der Waals surface area contributed by atoms with E-state index in [2.05, 4.69) is 34.3 Å². The van der Waals surface area contributed by atoms with E-state index >= 15 is 0 Å². The summed E-state index contributed by atoms with van der Waals surface area (Å²) in [5.74, 6) is 0.810. The molecule has 31 heavy (non-hydrogen) atoms. The summed E-state index contributed by atoms with van der Waals surface area (Å²) in [6.07, 6.45) is 3.67. The molecule has 0 unspecified atom stereocenters. The Labute approximate surface area is 196 Å². The van der Waals surface area contributed by atoms with E-state index < -0.39 is 0 Å². The molecule has 0 saturated carbocycles. The molecule has 5 aromatic rings. The average Bonchev–Trinajstić information content (AvgIpc) is 3.36. The van der Waals surface area contributed by atoms with Crippen LogP contribution in [0.3, 0.4) is 0 Å². The van der Waals surface area contributed by atoms with Crippen molar-refractivity contribution >= 4 is 17.2 Å². The fourth-order valence-corrected chi connectivity index (χ4v) is 3.34. The molecule has 2 heterocycles. The largest absolute Gasteiger partial charge is 2.00 e. The maximum absolute atomic E-state index is 4.94. The molecule has 0 radical (unpaired) electrons. The fraction of sp³-hybridized carbons (Fsp3) is 0. The van der Waals surface area contributed by atoms with Gasteiger partial charge in [0.1, 0.15) is 5.82 Å². The third-order valence-corrected chi connectivity index (χ3v) is 4.72. The topological polar surface area (TPSA) is 34.0 Å². The first-order valence-corrected chi connectivity index (χ1v) is 9.70. The van der Waals surface area contributed by atoms with Crippen LogP contribution >= 0.6 is 0 Å². The van der Waals surface area contributed by atoms with Gasteiger partial charge in [0.2, 0.25) is 0 Å². The second-order valence-corrected chi connectivity index (χ2v) is 6.70. The summed E-state index contributed by atoms with van der Waals surface area (Å²) < 4.78 is 1.80. The maximum atomic E-state index is 4.94. The predicted molar refractivity (Wildman–Crippen MR) is 119 cm³/mol. The summed E-state index contributed by atoms with van der Waals surface area (Å²) in [7, 11) is 0. The molecular formula is C26H18N4Pt. The SMILES string of the molecule is [Pt+2].[c-]1ccccc1-c1cccc(N(c2[c-]c(-n3cccn3)ccc2)c2ccccc2)n1. The van der Waals surface area contributed by atoms with Gasteiger partial charge in [0.05, 0.1) is 0 Å². The molecule has 0 aliphatic carbocycles. The molecule has 0 aliphatic heterocycles. The van der Waals surface area contributed by atoms with E-state index in [-0.39, 0.29) is 21.1 Å². The minimum absolute atomic E-state index is 0. The Kier molecular flexibility index (Phi) is 6.39. The average molecular weight is 582 g/mol. The molecule has 152 valence electrons. The quantitative estimate of drug-likeness (QED) is 0.239. The van der Waals surface area contributed by atoms with E-state index in [0.29, 0.717) is 0 Å². The molecule has 5 heteroatoms. The standard InChI is InChI=1S/C26H18N4.Pt/c1-3-10-21(11-4-1)25-16-8-17-26(28-25)30(22-12-5-2-6-13-22)24-15-7-14-23(20-24)29-19-9-18-27-29;/h1-10,12-19H;/q-2;+2. The molecule has 5 rings (SSSR count). The van der Waals surface area contributed by atoms with Gasteiger partial charge >= 0.3 is 21.1 Å². The van der Waals surface area contributed by atoms with Crippen LogP contribution in [0.4, 0.5) is 17.2 Å². The van der Waals surface area contributed by atoms with Gasteiger partial charge < -0.3 is 4.90 Å². The van der Waals surface area contributed by atoms with Crippen LogP contribution in [0.1, 0.15) is 0 Å². The third-order valence-electron chi connectivity index (χ3n) is 4.72. The number of benzene rings is 3. The van der Waals surface area contributed by atoms with Crippen LogP contribution in [0.2, 0.25) is 0 Å². The smallest absolute Gasteiger partial charge is 0.320 e. The Morgan fingerprint density at radius 1 is 0.774 bits per heavy atom. The van der Waals surface area contributed by atoms with Gasteiger partial charge in [-0.05, 0) is 35.6 Å². The molecule has 0 bridgehead atoms. The Balaban J connectivity index is 0.00000231. The van der Waals surface area contributed by atoms with E-state index in [1.807, 2.05) is 91.1 Å². The van der Waals surface area contributed by atoms with Crippen LogP contribution in [-0.4, -0.2) is 14.8 Å². The number of anilines is 3. The molecule has 0 aliphatic rings. The minimum atomic E-state index is 0. The Morgan fingerprint density at radius 3 is 2.39 bits per heavy atom. The van der Waals surface area contributed by atoms with Gasteiger partial charge in [-0.25, -0.2) is 0 Å². The van der Waals surface area contributed by atoms with Gasteiger partial charge in [0, 0.05) is 18.1 Å². The van der Waals surface area contributed by atoms with Crippen molar-refractivity contribution in [3.63, 3.8) is 0 Å². The monoisotopic (exact) mass is 581 g/mol. The van der Waals surface area contributed by atoms with Crippen LogP contribution in [0.25, 0.3) is 16.9 Å². The summed E-state index contributed by atoms with van der Waals surface area (Å²) in [4.78, 5) is 7.04. The van der Waals surface area contributed by atoms with E-state index in [0.717, 1.165) is 34.1 Å². The molecule has 0 fully saturated rings. The molecule has 2 aromatic heterocycles. The summed E-state index contributed by atoms with van der Waals surface area (Å²) in [6.45, 7) is 0. The maximum Gasteiger partial charge on any atom is 2.00 e. The van der Waals surface area contributed by atoms with E-state index in [1.54, 1.807) is 10.9 Å². The minimum Gasteiger partial charge on any atom is -0.320 e. The molecule has 0 saturated heterocycles. The van der Waals surface area contributed by atoms with Crippen LogP contribution in [0.5, 0.6) is 0 Å². The number of hydrogen-bond donors (Lipinski definition) is 0. The second-order valence-electron chi connectivity index (χ2n) is 6.70. The molecule has 0 spiro atoms. The van der Waals surface area contributed by atoms with Crippen molar-refractivity contribution in [2.24, 2.45) is 0 Å². The van der Waals surface area contributed by atoms with Crippen molar-refractivity contribution in [3.05, 3.63) is 122 Å². The molecular weight excluding hydrogens is 563 g/mol. The van der Waals surface area contributed by atoms with Crippen LogP contribution in [-0.2, 0) is 21.1 Å². The summed E-state index contributed by atoms with van der Waals surface area (Å²) in [5.41, 5.74) is 4.59. The van der Waals surface area contributed by atoms with Gasteiger partial charge in [-0.1, -0.05) is 36.0 Å². The molecule has 0 atom stereocenters. The van der Waals surface area contributed by atoms with Crippen LogP contribution in [0, 0.1) is 12.1 Å². The summed E-state index contributed by atoms with van der Waals surface area (Å²) >= 11 is 0. The van der Waals surface area contributed by atoms with Gasteiger partial charge in [-0.2, -0.15) is 11.2 Å². The van der Waals surface area contributed by atoms with E-state index in [4.69, 9.17) is 4.98 Å². The zero-order valence-electron chi connectivity index (χ0n) is 16.5. The van der Waals surface area contributed by atoms with Crippen molar-refractivity contribution in [2.45, 2.75) is 0 Å². The van der Waals surface area contributed by atoms with Gasteiger partial charge in [-0.3, -0.25) is 9.67 Å². The van der Waals surface area contributed by atoms with Gasteiger partial charge in [-0.15, -0.1) is 54.1 Å². The zero-order chi connectivity index (χ0) is 20.2. The van der Waals surface area contributed by atoms with Crippen molar-refractivity contribution in [1.82, 2.24) is 14.8 Å². The number of para-hydroxylation sites is 1. The van der Waals surface area contributed by atoms with Gasteiger partial charge in [0.25, 0.3) is 0 Å². The Bertz CT molecular complexity index is 1240. The Hall–Kier alpha value is -3.49. The fourth-order valence-electron chi connectivity index (χ4n) is 3.34. The first kappa shape index (κ1) is 20.8. The van der Waals surface area contributed by atoms with Crippen molar-refractivity contribution in [1.29, 1.82) is 0 Å². The number of rotatable bonds is 5. The molecule has 3 aromatic carbocycles. The van der Waals surface area contributed by atoms with Crippen LogP contribution in [0.15, 0.2) is 109 Å². The first-order chi connectivity index (χ1) is 14.9. The Morgan fingerprint density at radius 2 is 1.61 bits per heavy atom. The number of aromatic nitrogens is 3. The van der Waals surface area contributed by atoms with E-state index in [1.165, 1.54) is 0 Å². The third kappa shape index (κ3) is 4.50. The second kappa shape index (κ2) is 9.55. The number of hydrogen-bond acceptors (Lipinski definition) is 3. The number of pyridine rings is 1. The zero-order valence-corrected chi connectivity index (χ0v) is 18.8. The van der Waals surface area contributed by atoms with Crippen molar-refractivity contribution in [3.8, 4) is 16.9 Å². The van der Waals surface area contributed by atoms with E-state index in [9.17, 15) is 0 Å².